The Balaban J connectivity index is 0.000000269. The normalized spacial score (nSPS) is 12.5. The van der Waals surface area contributed by atoms with Gasteiger partial charge in [0.15, 0.2) is 5.78 Å². The zero-order chi connectivity index (χ0) is 35.6. The van der Waals surface area contributed by atoms with Gasteiger partial charge in [0, 0.05) is 75.6 Å². The number of pyridine rings is 2. The summed E-state index contributed by atoms with van der Waals surface area (Å²) in [6, 6.07) is 23.2. The number of aliphatic hydroxyl groups is 1. The van der Waals surface area contributed by atoms with E-state index in [4.69, 9.17) is 4.98 Å². The Hall–Kier alpha value is -3.22. The van der Waals surface area contributed by atoms with Crippen molar-refractivity contribution in [1.82, 2.24) is 9.97 Å². The fourth-order valence-corrected chi connectivity index (χ4v) is 7.92. The Morgan fingerprint density at radius 3 is 2.14 bits per heavy atom. The number of allylic oxidation sites excluding steroid dienone is 2. The summed E-state index contributed by atoms with van der Waals surface area (Å²) in [4.78, 5) is 23.9. The van der Waals surface area contributed by atoms with Gasteiger partial charge in [0.25, 0.3) is 0 Å². The van der Waals surface area contributed by atoms with Crippen LogP contribution < -0.4 is 0 Å². The molecular formula is C43H49IrN2O2S2-. The second-order valence-corrected chi connectivity index (χ2v) is 16.5. The van der Waals surface area contributed by atoms with Gasteiger partial charge in [0.1, 0.15) is 10.6 Å². The number of thiophene rings is 2. The quantitative estimate of drug-likeness (QED) is 0.0893. The number of hydrogen-bond acceptors (Lipinski definition) is 6. The number of aliphatic hydroxyl groups excluding tert-OH is 1. The van der Waals surface area contributed by atoms with Gasteiger partial charge in [-0.25, -0.2) is 4.98 Å². The molecule has 4 aromatic heterocycles. The molecule has 0 aliphatic heterocycles. The summed E-state index contributed by atoms with van der Waals surface area (Å²) >= 11 is 3.50. The number of fused-ring (bicyclic) bond motifs is 3. The molecule has 4 nitrogen and oxygen atoms in total. The van der Waals surface area contributed by atoms with Crippen LogP contribution in [0.15, 0.2) is 84.2 Å². The van der Waals surface area contributed by atoms with E-state index in [9.17, 15) is 9.90 Å². The Morgan fingerprint density at radius 2 is 1.48 bits per heavy atom. The van der Waals surface area contributed by atoms with E-state index in [0.717, 1.165) is 47.2 Å². The fraction of sp³-hybridized carbons (Fsp3) is 0.372. The van der Waals surface area contributed by atoms with Crippen LogP contribution in [-0.2, 0) is 30.3 Å². The second kappa shape index (κ2) is 16.0. The van der Waals surface area contributed by atoms with Crippen molar-refractivity contribution in [1.29, 1.82) is 0 Å². The molecule has 6 aromatic rings. The Labute approximate surface area is 319 Å². The second-order valence-electron chi connectivity index (χ2n) is 14.5. The first-order valence-corrected chi connectivity index (χ1v) is 19.1. The minimum Gasteiger partial charge on any atom is -0.512 e. The maximum absolute atomic E-state index is 12.2. The molecule has 0 atom stereocenters. The maximum Gasteiger partial charge on any atom is 0.164 e. The third-order valence-electron chi connectivity index (χ3n) is 10.5. The predicted octanol–water partition coefficient (Wildman–Crippen LogP) is 13.1. The number of hydrogen-bond donors (Lipinski definition) is 1. The number of benzene rings is 2. The van der Waals surface area contributed by atoms with Crippen LogP contribution in [0.2, 0.25) is 0 Å². The number of aromatic nitrogens is 2. The molecule has 0 aliphatic rings. The average Bonchev–Trinajstić information content (AvgIpc) is 3.78. The van der Waals surface area contributed by atoms with Crippen LogP contribution in [0, 0.1) is 16.9 Å². The van der Waals surface area contributed by atoms with Crippen LogP contribution >= 0.6 is 22.7 Å². The van der Waals surface area contributed by atoms with E-state index in [1.165, 1.54) is 42.9 Å². The van der Waals surface area contributed by atoms with Gasteiger partial charge in [-0.05, 0) is 66.1 Å². The van der Waals surface area contributed by atoms with Gasteiger partial charge in [-0.3, -0.25) is 9.78 Å². The van der Waals surface area contributed by atoms with Gasteiger partial charge in [-0.2, -0.15) is 0 Å². The first-order chi connectivity index (χ1) is 23.3. The van der Waals surface area contributed by atoms with Gasteiger partial charge >= 0.3 is 0 Å². The summed E-state index contributed by atoms with van der Waals surface area (Å²) < 4.78 is 1.24. The van der Waals surface area contributed by atoms with Crippen molar-refractivity contribution in [3.05, 3.63) is 95.8 Å². The summed E-state index contributed by atoms with van der Waals surface area (Å²) in [5, 5.41) is 17.0. The summed E-state index contributed by atoms with van der Waals surface area (Å²) in [7, 11) is 0. The van der Waals surface area contributed by atoms with Crippen molar-refractivity contribution in [3.63, 3.8) is 0 Å². The predicted molar refractivity (Wildman–Crippen MR) is 212 cm³/mol. The Kier molecular flexibility index (Phi) is 12.6. The van der Waals surface area contributed by atoms with Crippen LogP contribution in [0.25, 0.3) is 52.8 Å². The van der Waals surface area contributed by atoms with E-state index in [1.54, 1.807) is 11.3 Å². The molecular weight excluding hydrogens is 833 g/mol. The van der Waals surface area contributed by atoms with Crippen molar-refractivity contribution in [2.45, 2.75) is 93.4 Å². The van der Waals surface area contributed by atoms with Crippen LogP contribution in [-0.4, -0.2) is 20.9 Å². The molecule has 2 aromatic carbocycles. The van der Waals surface area contributed by atoms with Crippen molar-refractivity contribution >= 4 is 59.5 Å². The Bertz CT molecular complexity index is 2130. The van der Waals surface area contributed by atoms with Crippen LogP contribution in [0.1, 0.15) is 93.6 Å². The molecule has 6 rings (SSSR count). The SMILES string of the molecule is CC(C)(C)c1cc(-c2nccc3sc(-c4ccnc5sccc45)cc23)[c-]c2ccccc12.CCC(C)(CC)C(=O)/C=C(\O)C(C)(CC)CC.[Ir]. The van der Waals surface area contributed by atoms with Gasteiger partial charge in [0.05, 0.1) is 0 Å². The molecule has 50 heavy (non-hydrogen) atoms. The zero-order valence-electron chi connectivity index (χ0n) is 30.7. The molecule has 0 bridgehead atoms. The van der Waals surface area contributed by atoms with E-state index in [1.807, 2.05) is 65.3 Å². The molecule has 1 N–H and O–H groups in total. The van der Waals surface area contributed by atoms with Crippen molar-refractivity contribution in [2.75, 3.05) is 0 Å². The smallest absolute Gasteiger partial charge is 0.164 e. The van der Waals surface area contributed by atoms with Crippen molar-refractivity contribution in [2.24, 2.45) is 10.8 Å². The van der Waals surface area contributed by atoms with E-state index < -0.39 is 0 Å². The Morgan fingerprint density at radius 1 is 0.820 bits per heavy atom. The molecule has 7 heteroatoms. The number of carbonyl (C=O) groups is 1. The number of carbonyl (C=O) groups excluding carboxylic acids is 1. The number of rotatable bonds is 9. The van der Waals surface area contributed by atoms with E-state index in [2.05, 4.69) is 91.8 Å². The molecule has 0 amide bonds. The van der Waals surface area contributed by atoms with Gasteiger partial charge < -0.3 is 5.11 Å². The third kappa shape index (κ3) is 7.97. The molecule has 0 spiro atoms. The molecule has 0 unspecified atom stereocenters. The molecule has 0 aliphatic carbocycles. The first-order valence-electron chi connectivity index (χ1n) is 17.4. The number of nitrogens with zero attached hydrogens (tertiary/aromatic N) is 2. The summed E-state index contributed by atoms with van der Waals surface area (Å²) in [5.41, 5.74) is 4.04. The van der Waals surface area contributed by atoms with Crippen LogP contribution in [0.5, 0.6) is 0 Å². The topological polar surface area (TPSA) is 63.1 Å². The molecule has 1 radical (unpaired) electrons. The summed E-state index contributed by atoms with van der Waals surface area (Å²) in [6.07, 6.45) is 8.58. The molecule has 0 fully saturated rings. The average molecular weight is 882 g/mol. The summed E-state index contributed by atoms with van der Waals surface area (Å²) in [6.45, 7) is 18.9. The third-order valence-corrected chi connectivity index (χ3v) is 12.5. The van der Waals surface area contributed by atoms with Crippen molar-refractivity contribution in [3.8, 4) is 21.7 Å². The van der Waals surface area contributed by atoms with Gasteiger partial charge in [0.2, 0.25) is 0 Å². The standard InChI is InChI=1S/C28H21N2S2.C15H28O2.Ir/c1-28(2,3)23-15-18(14-17-6-4-5-7-19(17)23)26-22-16-25(32-24(22)9-12-29-26)20-8-11-30-27-21(20)10-13-31-27;1-7-14(5,8-2)12(16)11-13(17)15(6,9-3)10-4;/h4-13,15-16H,1-3H3;11,16H,7-10H2,1-6H3;/q-1;;/b;12-11-;. The van der Waals surface area contributed by atoms with Crippen LogP contribution in [0.4, 0.5) is 0 Å². The summed E-state index contributed by atoms with van der Waals surface area (Å²) in [5.74, 6) is 0.286. The fourth-order valence-electron chi connectivity index (χ4n) is 6.06. The molecule has 265 valence electrons. The van der Waals surface area contributed by atoms with Gasteiger partial charge in [-0.15, -0.1) is 51.8 Å². The molecule has 0 saturated carbocycles. The monoisotopic (exact) mass is 882 g/mol. The van der Waals surface area contributed by atoms with Crippen molar-refractivity contribution < 1.29 is 30.0 Å². The molecule has 0 saturated heterocycles. The maximum atomic E-state index is 12.2. The number of ketones is 1. The van der Waals surface area contributed by atoms with E-state index in [0.29, 0.717) is 0 Å². The molecule has 4 heterocycles. The first kappa shape index (κ1) is 39.6. The largest absolute Gasteiger partial charge is 0.512 e. The van der Waals surface area contributed by atoms with Crippen LogP contribution in [0.3, 0.4) is 0 Å². The van der Waals surface area contributed by atoms with E-state index in [-0.39, 0.29) is 47.9 Å². The minimum atomic E-state index is -0.337. The zero-order valence-corrected chi connectivity index (χ0v) is 34.8. The van der Waals surface area contributed by atoms with E-state index >= 15 is 0 Å². The van der Waals surface area contributed by atoms with Gasteiger partial charge in [-0.1, -0.05) is 91.5 Å². The minimum absolute atomic E-state index is 0.